The first-order valence-electron chi connectivity index (χ1n) is 10.9. The summed E-state index contributed by atoms with van der Waals surface area (Å²) in [5.74, 6) is -1.86. The number of aliphatic hydroxyl groups excluding tert-OH is 5. The maximum Gasteiger partial charge on any atom is 0.187 e. The van der Waals surface area contributed by atoms with E-state index in [0.29, 0.717) is 12.8 Å². The van der Waals surface area contributed by atoms with Crippen molar-refractivity contribution in [3.63, 3.8) is 0 Å². The molecule has 10 unspecified atom stereocenters. The molecule has 2 aliphatic carbocycles. The van der Waals surface area contributed by atoms with Gasteiger partial charge in [-0.25, -0.2) is 0 Å². The molecule has 1 aliphatic heterocycles. The zero-order chi connectivity index (χ0) is 23.4. The molecule has 180 valence electrons. The third-order valence-corrected chi connectivity index (χ3v) is 7.86. The summed E-state index contributed by atoms with van der Waals surface area (Å²) in [5, 5.41) is 71.5. The van der Waals surface area contributed by atoms with E-state index < -0.39 is 72.6 Å². The molecule has 1 saturated heterocycles. The van der Waals surface area contributed by atoms with E-state index in [-0.39, 0.29) is 24.5 Å². The molecule has 10 atom stereocenters. The summed E-state index contributed by atoms with van der Waals surface area (Å²) >= 11 is 0. The van der Waals surface area contributed by atoms with Crippen LogP contribution in [0.3, 0.4) is 0 Å². The Balaban J connectivity index is 1.83. The molecule has 0 spiro atoms. The first kappa shape index (κ1) is 24.9. The highest BCUT2D eigenvalue weighted by Crippen LogP contribution is 2.52. The number of aliphatic hydroxyl groups is 7. The molecule has 0 amide bonds. The fraction of sp³-hybridized carbons (Fsp3) is 0.952. The molecule has 31 heavy (non-hydrogen) atoms. The van der Waals surface area contributed by atoms with Crippen molar-refractivity contribution in [2.45, 2.75) is 94.0 Å². The number of carbonyl (C=O) groups excluding carboxylic acids is 1. The number of hydrogen-bond donors (Lipinski definition) is 7. The van der Waals surface area contributed by atoms with Crippen LogP contribution in [0.2, 0.25) is 0 Å². The average molecular weight is 449 g/mol. The van der Waals surface area contributed by atoms with Crippen molar-refractivity contribution in [1.82, 2.24) is 0 Å². The van der Waals surface area contributed by atoms with Crippen molar-refractivity contribution in [1.29, 1.82) is 0 Å². The number of Topliss-reactive ketones (excluding diaryl/α,β-unsaturated/α-hetero) is 1. The van der Waals surface area contributed by atoms with Crippen LogP contribution in [-0.4, -0.2) is 102 Å². The molecule has 3 fully saturated rings. The van der Waals surface area contributed by atoms with Gasteiger partial charge in [0.15, 0.2) is 12.1 Å². The first-order chi connectivity index (χ1) is 14.3. The lowest BCUT2D eigenvalue weighted by Gasteiger charge is -2.45. The minimum atomic E-state index is -1.64. The summed E-state index contributed by atoms with van der Waals surface area (Å²) in [6, 6.07) is 0. The van der Waals surface area contributed by atoms with Gasteiger partial charge in [0, 0.05) is 18.3 Å². The Hall–Kier alpha value is -0.690. The van der Waals surface area contributed by atoms with E-state index in [4.69, 9.17) is 9.47 Å². The fourth-order valence-corrected chi connectivity index (χ4v) is 5.53. The molecule has 0 radical (unpaired) electrons. The van der Waals surface area contributed by atoms with Crippen molar-refractivity contribution < 1.29 is 50.0 Å². The summed E-state index contributed by atoms with van der Waals surface area (Å²) in [6.45, 7) is 3.81. The third-order valence-electron chi connectivity index (χ3n) is 7.86. The van der Waals surface area contributed by atoms with Crippen molar-refractivity contribution in [2.24, 2.45) is 17.8 Å². The van der Waals surface area contributed by atoms with E-state index in [1.807, 2.05) is 0 Å². The quantitative estimate of drug-likeness (QED) is 0.250. The maximum absolute atomic E-state index is 12.4. The second-order valence-electron chi connectivity index (χ2n) is 10.1. The van der Waals surface area contributed by atoms with Gasteiger partial charge in [-0.15, -0.1) is 0 Å². The Morgan fingerprint density at radius 2 is 1.74 bits per heavy atom. The van der Waals surface area contributed by atoms with Gasteiger partial charge >= 0.3 is 0 Å². The Bertz CT molecular complexity index is 665. The second kappa shape index (κ2) is 8.58. The lowest BCUT2D eigenvalue weighted by Crippen LogP contribution is -2.61. The standard InChI is InChI=1S/C21H36O10/c1-19(2,31-18-17(27)16(26)15(25)13(8-22)30-18)10-4-5-21(29,9-23)12-7-14(24)20(3,28)11(12)6-10/h10-13,15-18,22-23,25-29H,4-9H2,1-3H3. The first-order valence-corrected chi connectivity index (χ1v) is 10.9. The highest BCUT2D eigenvalue weighted by Gasteiger charge is 2.60. The number of ether oxygens (including phenoxy) is 2. The maximum atomic E-state index is 12.4. The number of carbonyl (C=O) groups is 1. The van der Waals surface area contributed by atoms with Crippen LogP contribution in [0.4, 0.5) is 0 Å². The van der Waals surface area contributed by atoms with Crippen molar-refractivity contribution in [3.05, 3.63) is 0 Å². The average Bonchev–Trinajstić information content (AvgIpc) is 2.84. The third kappa shape index (κ3) is 4.30. The summed E-state index contributed by atoms with van der Waals surface area (Å²) < 4.78 is 11.5. The van der Waals surface area contributed by atoms with Gasteiger partial charge in [-0.1, -0.05) is 0 Å². The topological polar surface area (TPSA) is 177 Å². The van der Waals surface area contributed by atoms with Crippen LogP contribution in [0.25, 0.3) is 0 Å². The molecule has 7 N–H and O–H groups in total. The molecule has 0 bridgehead atoms. The van der Waals surface area contributed by atoms with Gasteiger partial charge in [-0.3, -0.25) is 4.79 Å². The molecule has 10 heteroatoms. The van der Waals surface area contributed by atoms with Gasteiger partial charge in [-0.05, 0) is 46.0 Å². The summed E-state index contributed by atoms with van der Waals surface area (Å²) in [4.78, 5) is 12.4. The number of hydrogen-bond acceptors (Lipinski definition) is 10. The molecule has 3 rings (SSSR count). The monoisotopic (exact) mass is 448 g/mol. The van der Waals surface area contributed by atoms with Gasteiger partial charge in [-0.2, -0.15) is 0 Å². The van der Waals surface area contributed by atoms with Crippen LogP contribution in [0.15, 0.2) is 0 Å². The predicted octanol–water partition coefficient (Wildman–Crippen LogP) is -1.94. The van der Waals surface area contributed by atoms with Crippen LogP contribution >= 0.6 is 0 Å². The molecular formula is C21H36O10. The Morgan fingerprint density at radius 1 is 1.10 bits per heavy atom. The fourth-order valence-electron chi connectivity index (χ4n) is 5.53. The van der Waals surface area contributed by atoms with E-state index in [1.54, 1.807) is 13.8 Å². The second-order valence-corrected chi connectivity index (χ2v) is 10.1. The van der Waals surface area contributed by atoms with Crippen molar-refractivity contribution in [3.8, 4) is 0 Å². The SMILES string of the molecule is CC(C)(OC1OC(CO)C(O)C(O)C1O)C1CCC(O)(CO)C2CC(=O)C(C)(O)C2C1. The van der Waals surface area contributed by atoms with Gasteiger partial charge in [0.05, 0.1) is 24.4 Å². The highest BCUT2D eigenvalue weighted by molar-refractivity contribution is 5.89. The molecule has 2 saturated carbocycles. The van der Waals surface area contributed by atoms with Crippen LogP contribution in [0.1, 0.15) is 46.5 Å². The Morgan fingerprint density at radius 3 is 2.32 bits per heavy atom. The lowest BCUT2D eigenvalue weighted by molar-refractivity contribution is -0.329. The summed E-state index contributed by atoms with van der Waals surface area (Å²) in [5.41, 5.74) is -4.15. The molecule has 0 aromatic carbocycles. The largest absolute Gasteiger partial charge is 0.394 e. The van der Waals surface area contributed by atoms with Gasteiger partial charge < -0.3 is 45.2 Å². The zero-order valence-electron chi connectivity index (χ0n) is 18.2. The van der Waals surface area contributed by atoms with Gasteiger partial charge in [0.2, 0.25) is 0 Å². The van der Waals surface area contributed by atoms with Crippen molar-refractivity contribution >= 4 is 5.78 Å². The zero-order valence-corrected chi connectivity index (χ0v) is 18.2. The normalized spacial score (nSPS) is 49.0. The molecule has 1 heterocycles. The van der Waals surface area contributed by atoms with E-state index >= 15 is 0 Å². The van der Waals surface area contributed by atoms with E-state index in [1.165, 1.54) is 6.92 Å². The lowest BCUT2D eigenvalue weighted by atomic mass is 9.74. The van der Waals surface area contributed by atoms with Gasteiger partial charge in [0.25, 0.3) is 0 Å². The van der Waals surface area contributed by atoms with E-state index in [0.717, 1.165) is 0 Å². The van der Waals surface area contributed by atoms with Crippen LogP contribution < -0.4 is 0 Å². The van der Waals surface area contributed by atoms with Crippen LogP contribution in [0.5, 0.6) is 0 Å². The molecule has 10 nitrogen and oxygen atoms in total. The number of rotatable bonds is 5. The van der Waals surface area contributed by atoms with E-state index in [2.05, 4.69) is 0 Å². The van der Waals surface area contributed by atoms with Crippen molar-refractivity contribution in [2.75, 3.05) is 13.2 Å². The van der Waals surface area contributed by atoms with E-state index in [9.17, 15) is 40.5 Å². The molecule has 3 aliphatic rings. The highest BCUT2D eigenvalue weighted by atomic mass is 16.7. The smallest absolute Gasteiger partial charge is 0.187 e. The predicted molar refractivity (Wildman–Crippen MR) is 106 cm³/mol. The number of ketones is 1. The number of fused-ring (bicyclic) bond motifs is 1. The Kier molecular flexibility index (Phi) is 6.91. The van der Waals surface area contributed by atoms with Gasteiger partial charge in [0.1, 0.15) is 30.0 Å². The molecule has 0 aromatic rings. The van der Waals surface area contributed by atoms with Crippen LogP contribution in [0, 0.1) is 17.8 Å². The minimum Gasteiger partial charge on any atom is -0.394 e. The summed E-state index contributed by atoms with van der Waals surface area (Å²) in [7, 11) is 0. The minimum absolute atomic E-state index is 0.0184. The molecular weight excluding hydrogens is 412 g/mol. The molecule has 0 aromatic heterocycles. The summed E-state index contributed by atoms with van der Waals surface area (Å²) in [6.07, 6.45) is -6.14. The van der Waals surface area contributed by atoms with Crippen LogP contribution in [-0.2, 0) is 14.3 Å². The Labute approximate surface area is 181 Å².